The van der Waals surface area contributed by atoms with Gasteiger partial charge in [0.1, 0.15) is 9.75 Å². The van der Waals surface area contributed by atoms with Crippen molar-refractivity contribution in [3.8, 4) is 5.00 Å². The molecule has 0 saturated heterocycles. The molecule has 0 atom stereocenters. The standard InChI is InChI=1S/C19H24BrN3O2S2/c1-18(2)8-7-11-12(9-18)13(10-5-6-10)26-14(11)23-16(20)21-22-17(23)27-19(3,4)15(24)25/h10H,5-9H2,1-4H3,(H,24,25). The highest BCUT2D eigenvalue weighted by atomic mass is 79.9. The van der Waals surface area contributed by atoms with Crippen molar-refractivity contribution < 1.29 is 9.90 Å². The van der Waals surface area contributed by atoms with Gasteiger partial charge in [-0.3, -0.25) is 9.36 Å². The molecule has 1 N–H and O–H groups in total. The van der Waals surface area contributed by atoms with Gasteiger partial charge in [-0.1, -0.05) is 25.6 Å². The minimum absolute atomic E-state index is 0.336. The zero-order valence-corrected chi connectivity index (χ0v) is 19.2. The molecule has 27 heavy (non-hydrogen) atoms. The van der Waals surface area contributed by atoms with Gasteiger partial charge in [0.25, 0.3) is 0 Å². The summed E-state index contributed by atoms with van der Waals surface area (Å²) in [5.41, 5.74) is 3.28. The summed E-state index contributed by atoms with van der Waals surface area (Å²) < 4.78 is 1.69. The highest BCUT2D eigenvalue weighted by Crippen LogP contribution is 2.52. The van der Waals surface area contributed by atoms with E-state index in [1.54, 1.807) is 13.8 Å². The lowest BCUT2D eigenvalue weighted by atomic mass is 9.74. The molecule has 1 saturated carbocycles. The van der Waals surface area contributed by atoms with E-state index in [2.05, 4.69) is 40.0 Å². The third-order valence-corrected chi connectivity index (χ3v) is 8.51. The van der Waals surface area contributed by atoms with Crippen molar-refractivity contribution in [2.75, 3.05) is 0 Å². The number of hydrogen-bond acceptors (Lipinski definition) is 5. The molecule has 2 heterocycles. The van der Waals surface area contributed by atoms with E-state index < -0.39 is 10.7 Å². The number of aliphatic carboxylic acids is 1. The van der Waals surface area contributed by atoms with Gasteiger partial charge in [-0.2, -0.15) is 0 Å². The number of carboxylic acid groups (broad SMARTS) is 1. The molecule has 2 aliphatic carbocycles. The molecule has 2 aromatic rings. The van der Waals surface area contributed by atoms with Crippen molar-refractivity contribution in [2.45, 2.75) is 75.6 Å². The highest BCUT2D eigenvalue weighted by molar-refractivity contribution is 9.10. The van der Waals surface area contributed by atoms with Crippen LogP contribution in [0.15, 0.2) is 9.89 Å². The second kappa shape index (κ2) is 6.59. The number of thioether (sulfide) groups is 1. The van der Waals surface area contributed by atoms with Gasteiger partial charge < -0.3 is 5.11 Å². The molecule has 0 radical (unpaired) electrons. The molecule has 5 nitrogen and oxygen atoms in total. The Kier molecular flexibility index (Phi) is 4.75. The summed E-state index contributed by atoms with van der Waals surface area (Å²) in [6, 6.07) is 0. The van der Waals surface area contributed by atoms with Crippen LogP contribution in [0.3, 0.4) is 0 Å². The van der Waals surface area contributed by atoms with Crippen LogP contribution in [0, 0.1) is 5.41 Å². The number of carboxylic acids is 1. The fraction of sp³-hybridized carbons (Fsp3) is 0.632. The molecule has 0 unspecified atom stereocenters. The van der Waals surface area contributed by atoms with Crippen molar-refractivity contribution in [3.63, 3.8) is 0 Å². The first-order valence-corrected chi connectivity index (χ1v) is 11.7. The Morgan fingerprint density at radius 3 is 2.67 bits per heavy atom. The lowest BCUT2D eigenvalue weighted by Gasteiger charge is -2.30. The monoisotopic (exact) mass is 469 g/mol. The molecule has 0 amide bonds. The van der Waals surface area contributed by atoms with E-state index >= 15 is 0 Å². The summed E-state index contributed by atoms with van der Waals surface area (Å²) >= 11 is 6.65. The molecular weight excluding hydrogens is 446 g/mol. The van der Waals surface area contributed by atoms with Gasteiger partial charge in [0.05, 0.1) is 0 Å². The smallest absolute Gasteiger partial charge is 0.319 e. The Hall–Kier alpha value is -0.860. The zero-order chi connectivity index (χ0) is 19.6. The second-order valence-electron chi connectivity index (χ2n) is 8.85. The van der Waals surface area contributed by atoms with Gasteiger partial charge in [-0.15, -0.1) is 21.5 Å². The van der Waals surface area contributed by atoms with E-state index in [0.29, 0.717) is 21.2 Å². The maximum absolute atomic E-state index is 11.6. The summed E-state index contributed by atoms with van der Waals surface area (Å²) in [7, 11) is 0. The summed E-state index contributed by atoms with van der Waals surface area (Å²) in [5, 5.41) is 19.8. The van der Waals surface area contributed by atoms with Gasteiger partial charge in [-0.25, -0.2) is 0 Å². The quantitative estimate of drug-likeness (QED) is 0.590. The van der Waals surface area contributed by atoms with Gasteiger partial charge in [0.15, 0.2) is 5.16 Å². The van der Waals surface area contributed by atoms with Crippen molar-refractivity contribution in [2.24, 2.45) is 5.41 Å². The predicted molar refractivity (Wildman–Crippen MR) is 112 cm³/mol. The molecule has 0 spiro atoms. The Morgan fingerprint density at radius 2 is 2.04 bits per heavy atom. The van der Waals surface area contributed by atoms with Crippen LogP contribution < -0.4 is 0 Å². The van der Waals surface area contributed by atoms with Gasteiger partial charge >= 0.3 is 5.97 Å². The fourth-order valence-corrected chi connectivity index (χ4v) is 6.76. The maximum Gasteiger partial charge on any atom is 0.319 e. The van der Waals surface area contributed by atoms with E-state index in [1.807, 2.05) is 15.9 Å². The molecule has 0 aromatic carbocycles. The lowest BCUT2D eigenvalue weighted by molar-refractivity contribution is -0.138. The molecule has 0 bridgehead atoms. The minimum atomic E-state index is -0.969. The predicted octanol–water partition coefficient (Wildman–Crippen LogP) is 5.44. The molecular formula is C19H24BrN3O2S2. The number of carbonyl (C=O) groups is 1. The van der Waals surface area contributed by atoms with E-state index in [4.69, 9.17) is 0 Å². The highest BCUT2D eigenvalue weighted by Gasteiger charge is 2.38. The molecule has 2 aromatic heterocycles. The molecule has 1 fully saturated rings. The number of nitrogens with zero attached hydrogens (tertiary/aromatic N) is 3. The first-order chi connectivity index (χ1) is 12.6. The third-order valence-electron chi connectivity index (χ3n) is 5.44. The number of hydrogen-bond donors (Lipinski definition) is 1. The Bertz CT molecular complexity index is 912. The first kappa shape index (κ1) is 19.5. The van der Waals surface area contributed by atoms with Crippen LogP contribution in [0.1, 0.15) is 68.9 Å². The van der Waals surface area contributed by atoms with Crippen molar-refractivity contribution in [3.05, 3.63) is 20.7 Å². The van der Waals surface area contributed by atoms with E-state index in [-0.39, 0.29) is 0 Å². The third kappa shape index (κ3) is 3.60. The minimum Gasteiger partial charge on any atom is -0.480 e. The second-order valence-corrected chi connectivity index (χ2v) is 12.2. The van der Waals surface area contributed by atoms with Crippen LogP contribution in [-0.2, 0) is 17.6 Å². The topological polar surface area (TPSA) is 68.0 Å². The van der Waals surface area contributed by atoms with Crippen molar-refractivity contribution >= 4 is 45.0 Å². The van der Waals surface area contributed by atoms with Crippen molar-refractivity contribution in [1.82, 2.24) is 14.8 Å². The number of thiophene rings is 1. The van der Waals surface area contributed by atoms with E-state index in [9.17, 15) is 9.90 Å². The number of aromatic nitrogens is 3. The van der Waals surface area contributed by atoms with Crippen LogP contribution in [0.2, 0.25) is 0 Å². The van der Waals surface area contributed by atoms with Crippen LogP contribution in [0.4, 0.5) is 0 Å². The lowest BCUT2D eigenvalue weighted by Crippen LogP contribution is -2.27. The summed E-state index contributed by atoms with van der Waals surface area (Å²) in [6.45, 7) is 8.12. The van der Waals surface area contributed by atoms with Gasteiger partial charge in [-0.05, 0) is 84.3 Å². The largest absolute Gasteiger partial charge is 0.480 e. The molecule has 8 heteroatoms. The average molecular weight is 470 g/mol. The average Bonchev–Trinajstić information content (AvgIpc) is 3.26. The van der Waals surface area contributed by atoms with Crippen molar-refractivity contribution in [1.29, 1.82) is 0 Å². The SMILES string of the molecule is CC1(C)CCc2c(-n3c(Br)nnc3SC(C)(C)C(=O)O)sc(C3CC3)c2C1. The van der Waals surface area contributed by atoms with Crippen LogP contribution >= 0.6 is 39.0 Å². The Morgan fingerprint density at radius 1 is 1.33 bits per heavy atom. The number of fused-ring (bicyclic) bond motifs is 1. The van der Waals surface area contributed by atoms with Crippen LogP contribution in [-0.4, -0.2) is 30.6 Å². The van der Waals surface area contributed by atoms with Crippen LogP contribution in [0.5, 0.6) is 0 Å². The fourth-order valence-electron chi connectivity index (χ4n) is 3.60. The Labute approximate surface area is 176 Å². The molecule has 146 valence electrons. The van der Waals surface area contributed by atoms with Crippen LogP contribution in [0.25, 0.3) is 5.00 Å². The van der Waals surface area contributed by atoms with Gasteiger partial charge in [0, 0.05) is 4.88 Å². The first-order valence-electron chi connectivity index (χ1n) is 9.27. The molecule has 2 aliphatic rings. The number of rotatable bonds is 5. The van der Waals surface area contributed by atoms with E-state index in [0.717, 1.165) is 19.3 Å². The summed E-state index contributed by atoms with van der Waals surface area (Å²) in [6.07, 6.45) is 5.90. The number of halogens is 1. The Balaban J connectivity index is 1.81. The molecule has 4 rings (SSSR count). The van der Waals surface area contributed by atoms with Gasteiger partial charge in [0.2, 0.25) is 4.73 Å². The maximum atomic E-state index is 11.6. The summed E-state index contributed by atoms with van der Waals surface area (Å²) in [4.78, 5) is 13.1. The molecule has 0 aliphatic heterocycles. The normalized spacial score (nSPS) is 19.1. The zero-order valence-electron chi connectivity index (χ0n) is 16.0. The summed E-state index contributed by atoms with van der Waals surface area (Å²) in [5.74, 6) is -0.153. The van der Waals surface area contributed by atoms with E-state index in [1.165, 1.54) is 45.6 Å².